The molecule has 1 atom stereocenters. The lowest BCUT2D eigenvalue weighted by molar-refractivity contribution is -0.134. The summed E-state index contributed by atoms with van der Waals surface area (Å²) in [6.45, 7) is 4.64. The van der Waals surface area contributed by atoms with Crippen molar-refractivity contribution >= 4 is 11.9 Å². The molecule has 0 unspecified atom stereocenters. The zero-order chi connectivity index (χ0) is 17.8. The van der Waals surface area contributed by atoms with Gasteiger partial charge in [-0.15, -0.1) is 0 Å². The molecule has 2 aromatic rings. The Bertz CT molecular complexity index is 743. The smallest absolute Gasteiger partial charge is 0.335 e. The molecule has 5 nitrogen and oxygen atoms in total. The maximum Gasteiger partial charge on any atom is 0.335 e. The summed E-state index contributed by atoms with van der Waals surface area (Å²) < 4.78 is 0. The Morgan fingerprint density at radius 1 is 1.04 bits per heavy atom. The number of aromatic carboxylic acids is 1. The van der Waals surface area contributed by atoms with Crippen molar-refractivity contribution in [2.45, 2.75) is 19.5 Å². The minimum Gasteiger partial charge on any atom is -0.478 e. The summed E-state index contributed by atoms with van der Waals surface area (Å²) in [7, 11) is 0. The maximum atomic E-state index is 12.0. The van der Waals surface area contributed by atoms with Gasteiger partial charge in [0.05, 0.1) is 11.6 Å². The van der Waals surface area contributed by atoms with Crippen LogP contribution in [0, 0.1) is 0 Å². The first-order valence-corrected chi connectivity index (χ1v) is 8.41. The molecule has 1 heterocycles. The molecule has 1 fully saturated rings. The van der Waals surface area contributed by atoms with E-state index < -0.39 is 5.97 Å². The van der Waals surface area contributed by atoms with E-state index in [1.54, 1.807) is 19.1 Å². The second-order valence-corrected chi connectivity index (χ2v) is 6.38. The SMILES string of the molecule is CC(=O)N1CCN(Cc2ccc(C(=O)O)cc2)C[C@H]1c1ccccc1. The molecule has 0 aliphatic carbocycles. The lowest BCUT2D eigenvalue weighted by atomic mass is 10.0. The van der Waals surface area contributed by atoms with Gasteiger partial charge >= 0.3 is 5.97 Å². The summed E-state index contributed by atoms with van der Waals surface area (Å²) in [6, 6.07) is 17.1. The highest BCUT2D eigenvalue weighted by Gasteiger charge is 2.29. The van der Waals surface area contributed by atoms with E-state index in [1.165, 1.54) is 0 Å². The van der Waals surface area contributed by atoms with Gasteiger partial charge in [0.25, 0.3) is 0 Å². The Balaban J connectivity index is 1.73. The van der Waals surface area contributed by atoms with E-state index in [-0.39, 0.29) is 11.9 Å². The fourth-order valence-corrected chi connectivity index (χ4v) is 3.33. The fraction of sp³-hybridized carbons (Fsp3) is 0.300. The molecule has 1 aliphatic heterocycles. The largest absolute Gasteiger partial charge is 0.478 e. The molecule has 0 spiro atoms. The summed E-state index contributed by atoms with van der Waals surface area (Å²) in [5, 5.41) is 8.99. The van der Waals surface area contributed by atoms with Crippen LogP contribution in [0.2, 0.25) is 0 Å². The molecular weight excluding hydrogens is 316 g/mol. The first kappa shape index (κ1) is 17.2. The molecule has 1 N–H and O–H groups in total. The average Bonchev–Trinajstić information content (AvgIpc) is 2.62. The van der Waals surface area contributed by atoms with Crippen molar-refractivity contribution in [2.75, 3.05) is 19.6 Å². The summed E-state index contributed by atoms with van der Waals surface area (Å²) in [4.78, 5) is 27.2. The Labute approximate surface area is 147 Å². The Morgan fingerprint density at radius 3 is 2.32 bits per heavy atom. The Kier molecular flexibility index (Phi) is 5.14. The monoisotopic (exact) mass is 338 g/mol. The number of carbonyl (C=O) groups excluding carboxylic acids is 1. The van der Waals surface area contributed by atoms with Crippen LogP contribution in [0.5, 0.6) is 0 Å². The normalized spacial score (nSPS) is 18.1. The van der Waals surface area contributed by atoms with Crippen LogP contribution in [0.15, 0.2) is 54.6 Å². The molecule has 2 aromatic carbocycles. The second-order valence-electron chi connectivity index (χ2n) is 6.38. The molecule has 130 valence electrons. The summed E-state index contributed by atoms with van der Waals surface area (Å²) in [5.74, 6) is -0.815. The van der Waals surface area contributed by atoms with Crippen LogP contribution in [0.4, 0.5) is 0 Å². The van der Waals surface area contributed by atoms with E-state index in [0.29, 0.717) is 12.1 Å². The van der Waals surface area contributed by atoms with E-state index in [4.69, 9.17) is 5.11 Å². The Hall–Kier alpha value is -2.66. The summed E-state index contributed by atoms with van der Waals surface area (Å²) in [5.41, 5.74) is 2.52. The molecule has 1 aliphatic rings. The molecule has 0 bridgehead atoms. The van der Waals surface area contributed by atoms with Gasteiger partial charge in [0, 0.05) is 33.1 Å². The van der Waals surface area contributed by atoms with E-state index in [1.807, 2.05) is 35.2 Å². The maximum absolute atomic E-state index is 12.0. The number of rotatable bonds is 4. The van der Waals surface area contributed by atoms with Gasteiger partial charge in [-0.2, -0.15) is 0 Å². The van der Waals surface area contributed by atoms with Gasteiger partial charge in [0.2, 0.25) is 5.91 Å². The van der Waals surface area contributed by atoms with Gasteiger partial charge in [-0.1, -0.05) is 42.5 Å². The van der Waals surface area contributed by atoms with Crippen LogP contribution in [0.25, 0.3) is 0 Å². The number of benzene rings is 2. The highest BCUT2D eigenvalue weighted by atomic mass is 16.4. The van der Waals surface area contributed by atoms with Gasteiger partial charge in [0.15, 0.2) is 0 Å². The highest BCUT2D eigenvalue weighted by Crippen LogP contribution is 2.26. The van der Waals surface area contributed by atoms with Crippen molar-refractivity contribution in [1.29, 1.82) is 0 Å². The molecule has 0 radical (unpaired) electrons. The van der Waals surface area contributed by atoms with Crippen molar-refractivity contribution in [3.63, 3.8) is 0 Å². The number of carbonyl (C=O) groups is 2. The molecule has 0 saturated carbocycles. The number of hydrogen-bond donors (Lipinski definition) is 1. The third-order valence-electron chi connectivity index (χ3n) is 4.66. The van der Waals surface area contributed by atoms with Crippen LogP contribution in [0.1, 0.15) is 34.5 Å². The van der Waals surface area contributed by atoms with Gasteiger partial charge in [-0.25, -0.2) is 4.79 Å². The zero-order valence-electron chi connectivity index (χ0n) is 14.3. The predicted octanol–water partition coefficient (Wildman–Crippen LogP) is 2.79. The van der Waals surface area contributed by atoms with Gasteiger partial charge in [-0.3, -0.25) is 9.69 Å². The topological polar surface area (TPSA) is 60.9 Å². The number of piperazine rings is 1. The first-order chi connectivity index (χ1) is 12.0. The Morgan fingerprint density at radius 2 is 1.72 bits per heavy atom. The highest BCUT2D eigenvalue weighted by molar-refractivity contribution is 5.87. The van der Waals surface area contributed by atoms with Crippen molar-refractivity contribution in [3.8, 4) is 0 Å². The standard InChI is InChI=1S/C20H22N2O3/c1-15(23)22-12-11-21(14-19(22)17-5-3-2-4-6-17)13-16-7-9-18(10-8-16)20(24)25/h2-10,19H,11-14H2,1H3,(H,24,25)/t19-/m0/s1. The molecule has 25 heavy (non-hydrogen) atoms. The predicted molar refractivity (Wildman–Crippen MR) is 95.2 cm³/mol. The molecule has 3 rings (SSSR count). The van der Waals surface area contributed by atoms with Crippen LogP contribution in [-0.2, 0) is 11.3 Å². The summed E-state index contributed by atoms with van der Waals surface area (Å²) >= 11 is 0. The lowest BCUT2D eigenvalue weighted by Gasteiger charge is -2.41. The molecule has 5 heteroatoms. The van der Waals surface area contributed by atoms with E-state index in [9.17, 15) is 9.59 Å². The average molecular weight is 338 g/mol. The quantitative estimate of drug-likeness (QED) is 0.931. The van der Waals surface area contributed by atoms with E-state index >= 15 is 0 Å². The minimum atomic E-state index is -0.911. The van der Waals surface area contributed by atoms with Crippen molar-refractivity contribution in [2.24, 2.45) is 0 Å². The first-order valence-electron chi connectivity index (χ1n) is 8.41. The van der Waals surface area contributed by atoms with Gasteiger partial charge in [-0.05, 0) is 23.3 Å². The minimum absolute atomic E-state index is 0.0470. The van der Waals surface area contributed by atoms with Crippen LogP contribution in [-0.4, -0.2) is 46.4 Å². The third kappa shape index (κ3) is 4.06. The summed E-state index contributed by atoms with van der Waals surface area (Å²) in [6.07, 6.45) is 0. The molecular formula is C20H22N2O3. The van der Waals surface area contributed by atoms with Crippen LogP contribution >= 0.6 is 0 Å². The number of carboxylic acid groups (broad SMARTS) is 1. The van der Waals surface area contributed by atoms with E-state index in [0.717, 1.165) is 30.8 Å². The lowest BCUT2D eigenvalue weighted by Crippen LogP contribution is -2.49. The number of nitrogens with zero attached hydrogens (tertiary/aromatic N) is 2. The fourth-order valence-electron chi connectivity index (χ4n) is 3.33. The van der Waals surface area contributed by atoms with Crippen molar-refractivity contribution in [1.82, 2.24) is 9.80 Å². The molecule has 1 saturated heterocycles. The number of carboxylic acids is 1. The van der Waals surface area contributed by atoms with Crippen LogP contribution < -0.4 is 0 Å². The van der Waals surface area contributed by atoms with Crippen LogP contribution in [0.3, 0.4) is 0 Å². The number of hydrogen-bond acceptors (Lipinski definition) is 3. The van der Waals surface area contributed by atoms with Crippen molar-refractivity contribution < 1.29 is 14.7 Å². The molecule has 0 aromatic heterocycles. The second kappa shape index (κ2) is 7.49. The zero-order valence-corrected chi connectivity index (χ0v) is 14.3. The van der Waals surface area contributed by atoms with Gasteiger partial charge in [0.1, 0.15) is 0 Å². The number of amides is 1. The third-order valence-corrected chi connectivity index (χ3v) is 4.66. The van der Waals surface area contributed by atoms with Crippen molar-refractivity contribution in [3.05, 3.63) is 71.3 Å². The van der Waals surface area contributed by atoms with E-state index in [2.05, 4.69) is 17.0 Å². The molecule has 1 amide bonds. The van der Waals surface area contributed by atoms with Gasteiger partial charge < -0.3 is 10.0 Å².